The van der Waals surface area contributed by atoms with Gasteiger partial charge in [-0.3, -0.25) is 9.48 Å². The molecule has 134 valence electrons. The van der Waals surface area contributed by atoms with Crippen molar-refractivity contribution in [1.29, 1.82) is 0 Å². The molecule has 2 heterocycles. The third kappa shape index (κ3) is 3.32. The number of aliphatic hydroxyl groups excluding tert-OH is 1. The Labute approximate surface area is 151 Å². The maximum atomic E-state index is 12.7. The predicted octanol–water partition coefficient (Wildman–Crippen LogP) is 2.31. The van der Waals surface area contributed by atoms with E-state index in [0.717, 1.165) is 29.4 Å². The molecule has 6 heteroatoms. The van der Waals surface area contributed by atoms with E-state index in [-0.39, 0.29) is 11.9 Å². The molecule has 3 atom stereocenters. The average molecular weight is 350 g/mol. The van der Waals surface area contributed by atoms with E-state index < -0.39 is 6.10 Å². The third-order valence-electron chi connectivity index (χ3n) is 5.10. The van der Waals surface area contributed by atoms with Crippen LogP contribution in [0.5, 0.6) is 0 Å². The van der Waals surface area contributed by atoms with Crippen molar-refractivity contribution in [2.75, 3.05) is 0 Å². The van der Waals surface area contributed by atoms with Gasteiger partial charge in [0.05, 0.1) is 17.7 Å². The highest BCUT2D eigenvalue weighted by atomic mass is 16.3. The second-order valence-corrected chi connectivity index (χ2v) is 7.05. The zero-order chi connectivity index (χ0) is 18.1. The fourth-order valence-corrected chi connectivity index (χ4v) is 3.80. The number of aromatic nitrogens is 3. The number of nitrogens with one attached hydrogen (secondary N) is 1. The number of rotatable bonds is 4. The lowest BCUT2D eigenvalue weighted by Crippen LogP contribution is -2.40. The summed E-state index contributed by atoms with van der Waals surface area (Å²) >= 11 is 0. The van der Waals surface area contributed by atoms with E-state index in [4.69, 9.17) is 0 Å². The van der Waals surface area contributed by atoms with Gasteiger partial charge in [-0.05, 0) is 49.4 Å². The number of hydrogen-bond acceptors (Lipinski definition) is 4. The molecular weight excluding hydrogens is 328 g/mol. The van der Waals surface area contributed by atoms with Crippen LogP contribution in [0.2, 0.25) is 0 Å². The number of aliphatic hydroxyl groups is 1. The van der Waals surface area contributed by atoms with Gasteiger partial charge in [-0.2, -0.15) is 5.10 Å². The number of para-hydroxylation sites is 1. The monoisotopic (exact) mass is 350 g/mol. The van der Waals surface area contributed by atoms with Crippen molar-refractivity contribution in [2.45, 2.75) is 38.5 Å². The highest BCUT2D eigenvalue weighted by Crippen LogP contribution is 2.28. The summed E-state index contributed by atoms with van der Waals surface area (Å²) in [5.41, 5.74) is 2.22. The number of pyridine rings is 1. The van der Waals surface area contributed by atoms with Crippen LogP contribution in [0.15, 0.2) is 48.8 Å². The standard InChI is InChI=1S/C20H22N4O2/c1-13-9-18(22-16-6-3-2-5-15(13)16)20(26)23-17-10-14(11-19(17)25)12-24-8-4-7-21-24/h2-9,14,17,19,25H,10-12H2,1H3,(H,23,26)/t14?,17-,19-/m1/s1. The van der Waals surface area contributed by atoms with Gasteiger partial charge in [0.2, 0.25) is 0 Å². The summed E-state index contributed by atoms with van der Waals surface area (Å²) in [5.74, 6) is 0.0594. The van der Waals surface area contributed by atoms with Crippen LogP contribution in [0.4, 0.5) is 0 Å². The van der Waals surface area contributed by atoms with Crippen molar-refractivity contribution in [1.82, 2.24) is 20.1 Å². The van der Waals surface area contributed by atoms with Gasteiger partial charge in [-0.1, -0.05) is 18.2 Å². The summed E-state index contributed by atoms with van der Waals surface area (Å²) in [6.45, 7) is 2.73. The van der Waals surface area contributed by atoms with Gasteiger partial charge in [-0.15, -0.1) is 0 Å². The lowest BCUT2D eigenvalue weighted by atomic mass is 10.1. The topological polar surface area (TPSA) is 80.0 Å². The molecule has 0 aliphatic heterocycles. The van der Waals surface area contributed by atoms with Crippen LogP contribution in [0, 0.1) is 12.8 Å². The summed E-state index contributed by atoms with van der Waals surface area (Å²) < 4.78 is 1.87. The smallest absolute Gasteiger partial charge is 0.270 e. The number of hydrogen-bond donors (Lipinski definition) is 2. The van der Waals surface area contributed by atoms with Crippen LogP contribution in [-0.2, 0) is 6.54 Å². The van der Waals surface area contributed by atoms with E-state index in [1.54, 1.807) is 12.3 Å². The highest BCUT2D eigenvalue weighted by Gasteiger charge is 2.34. The predicted molar refractivity (Wildman–Crippen MR) is 98.7 cm³/mol. The van der Waals surface area contributed by atoms with Gasteiger partial charge < -0.3 is 10.4 Å². The maximum Gasteiger partial charge on any atom is 0.270 e. The molecule has 26 heavy (non-hydrogen) atoms. The first-order valence-electron chi connectivity index (χ1n) is 8.93. The Morgan fingerprint density at radius 1 is 1.31 bits per heavy atom. The number of aryl methyl sites for hydroxylation is 1. The summed E-state index contributed by atoms with van der Waals surface area (Å²) in [6, 6.07) is 11.2. The third-order valence-corrected chi connectivity index (χ3v) is 5.10. The first kappa shape index (κ1) is 16.7. The van der Waals surface area contributed by atoms with Crippen LogP contribution >= 0.6 is 0 Å². The second kappa shape index (κ2) is 6.88. The number of carbonyl (C=O) groups is 1. The molecule has 0 radical (unpaired) electrons. The van der Waals surface area contributed by atoms with Gasteiger partial charge in [0.1, 0.15) is 5.69 Å². The fourth-order valence-electron chi connectivity index (χ4n) is 3.80. The Balaban J connectivity index is 1.46. The van der Waals surface area contributed by atoms with Crippen molar-refractivity contribution in [3.63, 3.8) is 0 Å². The summed E-state index contributed by atoms with van der Waals surface area (Å²) in [7, 11) is 0. The van der Waals surface area contributed by atoms with Crippen LogP contribution in [0.1, 0.15) is 28.9 Å². The molecule has 6 nitrogen and oxygen atoms in total. The molecule has 0 saturated heterocycles. The zero-order valence-electron chi connectivity index (χ0n) is 14.7. The number of fused-ring (bicyclic) bond motifs is 1. The molecule has 1 fully saturated rings. The van der Waals surface area contributed by atoms with Crippen molar-refractivity contribution in [3.05, 3.63) is 60.0 Å². The van der Waals surface area contributed by atoms with E-state index in [0.29, 0.717) is 18.0 Å². The van der Waals surface area contributed by atoms with E-state index >= 15 is 0 Å². The Kier molecular flexibility index (Phi) is 4.42. The number of amides is 1. The Bertz CT molecular complexity index is 923. The Hall–Kier alpha value is -2.73. The van der Waals surface area contributed by atoms with Crippen LogP contribution in [0.3, 0.4) is 0 Å². The second-order valence-electron chi connectivity index (χ2n) is 7.05. The van der Waals surface area contributed by atoms with Crippen molar-refractivity contribution >= 4 is 16.8 Å². The molecule has 0 spiro atoms. The largest absolute Gasteiger partial charge is 0.391 e. The normalized spacial score (nSPS) is 22.6. The van der Waals surface area contributed by atoms with Crippen LogP contribution < -0.4 is 5.32 Å². The minimum Gasteiger partial charge on any atom is -0.391 e. The first-order valence-corrected chi connectivity index (χ1v) is 8.93. The summed E-state index contributed by atoms with van der Waals surface area (Å²) in [4.78, 5) is 17.1. The molecule has 2 N–H and O–H groups in total. The minimum absolute atomic E-state index is 0.234. The van der Waals surface area contributed by atoms with Gasteiger partial charge >= 0.3 is 0 Å². The lowest BCUT2D eigenvalue weighted by Gasteiger charge is -2.16. The number of carbonyl (C=O) groups excluding carboxylic acids is 1. The lowest BCUT2D eigenvalue weighted by molar-refractivity contribution is 0.0868. The molecule has 1 unspecified atom stereocenters. The van der Waals surface area contributed by atoms with E-state index in [1.165, 1.54) is 0 Å². The van der Waals surface area contributed by atoms with Crippen molar-refractivity contribution < 1.29 is 9.90 Å². The molecule has 0 bridgehead atoms. The fraction of sp³-hybridized carbons (Fsp3) is 0.350. The summed E-state index contributed by atoms with van der Waals surface area (Å²) in [5, 5.41) is 18.6. The average Bonchev–Trinajstić information content (AvgIpc) is 3.25. The van der Waals surface area contributed by atoms with E-state index in [1.807, 2.05) is 48.1 Å². The van der Waals surface area contributed by atoms with Gasteiger partial charge in [0.25, 0.3) is 5.91 Å². The molecule has 1 aliphatic rings. The van der Waals surface area contributed by atoms with Crippen LogP contribution in [0.25, 0.3) is 10.9 Å². The Morgan fingerprint density at radius 3 is 2.96 bits per heavy atom. The molecule has 1 aliphatic carbocycles. The zero-order valence-corrected chi connectivity index (χ0v) is 14.7. The van der Waals surface area contributed by atoms with E-state index in [9.17, 15) is 9.90 Å². The van der Waals surface area contributed by atoms with Gasteiger partial charge in [0, 0.05) is 24.3 Å². The van der Waals surface area contributed by atoms with E-state index in [2.05, 4.69) is 15.4 Å². The summed E-state index contributed by atoms with van der Waals surface area (Å²) in [6.07, 6.45) is 4.52. The molecule has 1 amide bonds. The molecule has 1 aromatic carbocycles. The molecule has 3 aromatic rings. The molecular formula is C20H22N4O2. The quantitative estimate of drug-likeness (QED) is 0.757. The van der Waals surface area contributed by atoms with Gasteiger partial charge in [-0.25, -0.2) is 4.98 Å². The first-order chi connectivity index (χ1) is 12.6. The van der Waals surface area contributed by atoms with Crippen molar-refractivity contribution in [2.24, 2.45) is 5.92 Å². The molecule has 1 saturated carbocycles. The Morgan fingerprint density at radius 2 is 2.15 bits per heavy atom. The number of benzene rings is 1. The number of nitrogens with zero attached hydrogens (tertiary/aromatic N) is 3. The molecule has 2 aromatic heterocycles. The maximum absolute atomic E-state index is 12.7. The molecule has 4 rings (SSSR count). The highest BCUT2D eigenvalue weighted by molar-refractivity contribution is 5.96. The van der Waals surface area contributed by atoms with Crippen molar-refractivity contribution in [3.8, 4) is 0 Å². The van der Waals surface area contributed by atoms with Gasteiger partial charge in [0.15, 0.2) is 0 Å². The van der Waals surface area contributed by atoms with Crippen LogP contribution in [-0.4, -0.2) is 37.9 Å². The minimum atomic E-state index is -0.541. The SMILES string of the molecule is Cc1cc(C(=O)N[C@@H]2CC(Cn3cccn3)C[C@H]2O)nc2ccccc12.